The first-order valence-electron chi connectivity index (χ1n) is 5.24. The van der Waals surface area contributed by atoms with Crippen molar-refractivity contribution in [3.8, 4) is 5.75 Å². The van der Waals surface area contributed by atoms with Gasteiger partial charge in [-0.25, -0.2) is 0 Å². The monoisotopic (exact) mass is 205 g/mol. The molecule has 80 valence electrons. The Morgan fingerprint density at radius 1 is 1.53 bits per heavy atom. The van der Waals surface area contributed by atoms with E-state index in [1.165, 1.54) is 12.8 Å². The number of carbonyl (C=O) groups is 1. The molecule has 2 N–H and O–H groups in total. The van der Waals surface area contributed by atoms with Gasteiger partial charge in [0.15, 0.2) is 0 Å². The van der Waals surface area contributed by atoms with Gasteiger partial charge in [0.05, 0.1) is 0 Å². The molecule has 0 spiro atoms. The van der Waals surface area contributed by atoms with Crippen LogP contribution >= 0.6 is 0 Å². The van der Waals surface area contributed by atoms with Crippen LogP contribution < -0.4 is 5.32 Å². The van der Waals surface area contributed by atoms with Crippen LogP contribution in [-0.2, 0) is 0 Å². The molecule has 0 atom stereocenters. The molecule has 0 heterocycles. The fourth-order valence-electron chi connectivity index (χ4n) is 1.56. The molecule has 1 aromatic rings. The van der Waals surface area contributed by atoms with Gasteiger partial charge in [0.1, 0.15) is 5.75 Å². The number of aromatic hydroxyl groups is 1. The zero-order valence-electron chi connectivity index (χ0n) is 8.79. The van der Waals surface area contributed by atoms with Crippen LogP contribution in [0.2, 0.25) is 0 Å². The zero-order valence-corrected chi connectivity index (χ0v) is 8.79. The second kappa shape index (κ2) is 3.93. The Labute approximate surface area is 89.1 Å². The molecule has 1 amide bonds. The molecule has 0 aliphatic heterocycles. The fourth-order valence-corrected chi connectivity index (χ4v) is 1.56. The highest BCUT2D eigenvalue weighted by molar-refractivity contribution is 5.95. The minimum Gasteiger partial charge on any atom is -0.508 e. The second-order valence-electron chi connectivity index (χ2n) is 4.15. The van der Waals surface area contributed by atoms with Crippen molar-refractivity contribution in [2.45, 2.75) is 19.8 Å². The SMILES string of the molecule is Cc1cc(O)ccc1C(=O)NCC1CC1. The van der Waals surface area contributed by atoms with E-state index in [-0.39, 0.29) is 11.7 Å². The van der Waals surface area contributed by atoms with Crippen molar-refractivity contribution < 1.29 is 9.90 Å². The largest absolute Gasteiger partial charge is 0.508 e. The summed E-state index contributed by atoms with van der Waals surface area (Å²) in [5.41, 5.74) is 1.46. The minimum absolute atomic E-state index is 0.0422. The lowest BCUT2D eigenvalue weighted by atomic mass is 10.1. The van der Waals surface area contributed by atoms with Crippen LogP contribution in [0.5, 0.6) is 5.75 Å². The van der Waals surface area contributed by atoms with Gasteiger partial charge in [0.25, 0.3) is 5.91 Å². The van der Waals surface area contributed by atoms with E-state index in [4.69, 9.17) is 0 Å². The van der Waals surface area contributed by atoms with Crippen molar-refractivity contribution in [2.24, 2.45) is 5.92 Å². The van der Waals surface area contributed by atoms with Gasteiger partial charge in [-0.1, -0.05) is 0 Å². The molecule has 0 bridgehead atoms. The van der Waals surface area contributed by atoms with E-state index >= 15 is 0 Å². The molecule has 1 saturated carbocycles. The molecule has 0 radical (unpaired) electrons. The van der Waals surface area contributed by atoms with E-state index in [2.05, 4.69) is 5.32 Å². The van der Waals surface area contributed by atoms with Crippen LogP contribution in [0.25, 0.3) is 0 Å². The number of carbonyl (C=O) groups excluding carboxylic acids is 1. The van der Waals surface area contributed by atoms with Crippen LogP contribution in [0.1, 0.15) is 28.8 Å². The Hall–Kier alpha value is -1.51. The number of hydrogen-bond acceptors (Lipinski definition) is 2. The number of benzene rings is 1. The van der Waals surface area contributed by atoms with Crippen LogP contribution in [0.15, 0.2) is 18.2 Å². The molecule has 3 heteroatoms. The predicted octanol–water partition coefficient (Wildman–Crippen LogP) is 1.84. The van der Waals surface area contributed by atoms with Crippen LogP contribution in [0.4, 0.5) is 0 Å². The molecule has 3 nitrogen and oxygen atoms in total. The van der Waals surface area contributed by atoms with Crippen molar-refractivity contribution in [2.75, 3.05) is 6.54 Å². The highest BCUT2D eigenvalue weighted by Gasteiger charge is 2.22. The maximum absolute atomic E-state index is 11.7. The third kappa shape index (κ3) is 2.49. The molecule has 2 rings (SSSR count). The minimum atomic E-state index is -0.0422. The number of phenols is 1. The summed E-state index contributed by atoms with van der Waals surface area (Å²) >= 11 is 0. The molecule has 1 aromatic carbocycles. The number of aryl methyl sites for hydroxylation is 1. The highest BCUT2D eigenvalue weighted by Crippen LogP contribution is 2.27. The Morgan fingerprint density at radius 2 is 2.27 bits per heavy atom. The van der Waals surface area contributed by atoms with Crippen molar-refractivity contribution >= 4 is 5.91 Å². The Balaban J connectivity index is 2.03. The summed E-state index contributed by atoms with van der Waals surface area (Å²) in [5, 5.41) is 12.1. The molecule has 1 aliphatic carbocycles. The maximum atomic E-state index is 11.7. The van der Waals surface area contributed by atoms with Gasteiger partial charge in [0.2, 0.25) is 0 Å². The third-order valence-electron chi connectivity index (χ3n) is 2.70. The van der Waals surface area contributed by atoms with Crippen LogP contribution in [-0.4, -0.2) is 17.6 Å². The molecular weight excluding hydrogens is 190 g/mol. The topological polar surface area (TPSA) is 49.3 Å². The Bertz CT molecular complexity index is 383. The van der Waals surface area contributed by atoms with Gasteiger partial charge in [0, 0.05) is 12.1 Å². The lowest BCUT2D eigenvalue weighted by molar-refractivity contribution is 0.0951. The normalized spacial score (nSPS) is 15.0. The van der Waals surface area contributed by atoms with Crippen molar-refractivity contribution in [1.29, 1.82) is 0 Å². The summed E-state index contributed by atoms with van der Waals surface area (Å²) < 4.78 is 0. The standard InChI is InChI=1S/C12H15NO2/c1-8-6-10(14)4-5-11(8)12(15)13-7-9-2-3-9/h4-6,9,14H,2-3,7H2,1H3,(H,13,15). The van der Waals surface area contributed by atoms with Gasteiger partial charge >= 0.3 is 0 Å². The van der Waals surface area contributed by atoms with Crippen LogP contribution in [0, 0.1) is 12.8 Å². The number of phenolic OH excluding ortho intramolecular Hbond substituents is 1. The quantitative estimate of drug-likeness (QED) is 0.791. The van der Waals surface area contributed by atoms with Crippen molar-refractivity contribution in [1.82, 2.24) is 5.32 Å². The van der Waals surface area contributed by atoms with E-state index in [1.807, 2.05) is 6.92 Å². The van der Waals surface area contributed by atoms with E-state index in [9.17, 15) is 9.90 Å². The van der Waals surface area contributed by atoms with Gasteiger partial charge < -0.3 is 10.4 Å². The summed E-state index contributed by atoms with van der Waals surface area (Å²) in [6, 6.07) is 4.80. The molecule has 1 fully saturated rings. The fraction of sp³-hybridized carbons (Fsp3) is 0.417. The lowest BCUT2D eigenvalue weighted by Gasteiger charge is -2.07. The first kappa shape index (κ1) is 10.0. The lowest BCUT2D eigenvalue weighted by Crippen LogP contribution is -2.26. The first-order chi connectivity index (χ1) is 7.16. The van der Waals surface area contributed by atoms with E-state index in [0.717, 1.165) is 12.1 Å². The maximum Gasteiger partial charge on any atom is 0.251 e. The summed E-state index contributed by atoms with van der Waals surface area (Å²) in [5.74, 6) is 0.844. The number of nitrogens with one attached hydrogen (secondary N) is 1. The summed E-state index contributed by atoms with van der Waals surface area (Å²) in [4.78, 5) is 11.7. The Morgan fingerprint density at radius 3 is 2.87 bits per heavy atom. The molecule has 0 unspecified atom stereocenters. The zero-order chi connectivity index (χ0) is 10.8. The molecule has 15 heavy (non-hydrogen) atoms. The van der Waals surface area contributed by atoms with E-state index in [1.54, 1.807) is 18.2 Å². The summed E-state index contributed by atoms with van der Waals surface area (Å²) in [6.45, 7) is 2.60. The van der Waals surface area contributed by atoms with Crippen molar-refractivity contribution in [3.05, 3.63) is 29.3 Å². The van der Waals surface area contributed by atoms with Crippen molar-refractivity contribution in [3.63, 3.8) is 0 Å². The Kier molecular flexibility index (Phi) is 2.62. The van der Waals surface area contributed by atoms with Gasteiger partial charge in [-0.2, -0.15) is 0 Å². The summed E-state index contributed by atoms with van der Waals surface area (Å²) in [7, 11) is 0. The average molecular weight is 205 g/mol. The van der Waals surface area contributed by atoms with Crippen LogP contribution in [0.3, 0.4) is 0 Å². The first-order valence-corrected chi connectivity index (χ1v) is 5.24. The molecular formula is C12H15NO2. The van der Waals surface area contributed by atoms with Gasteiger partial charge in [-0.3, -0.25) is 4.79 Å². The van der Waals surface area contributed by atoms with Gasteiger partial charge in [-0.15, -0.1) is 0 Å². The predicted molar refractivity (Wildman–Crippen MR) is 57.9 cm³/mol. The smallest absolute Gasteiger partial charge is 0.251 e. The number of amides is 1. The van der Waals surface area contributed by atoms with E-state index < -0.39 is 0 Å². The molecule has 0 aromatic heterocycles. The number of hydrogen-bond donors (Lipinski definition) is 2. The third-order valence-corrected chi connectivity index (χ3v) is 2.70. The highest BCUT2D eigenvalue weighted by atomic mass is 16.3. The summed E-state index contributed by atoms with van der Waals surface area (Å²) in [6.07, 6.45) is 2.46. The second-order valence-corrected chi connectivity index (χ2v) is 4.15. The average Bonchev–Trinajstić information content (AvgIpc) is 2.97. The number of rotatable bonds is 3. The van der Waals surface area contributed by atoms with Gasteiger partial charge in [-0.05, 0) is 49.4 Å². The van der Waals surface area contributed by atoms with E-state index in [0.29, 0.717) is 11.5 Å². The molecule has 0 saturated heterocycles. The molecule has 1 aliphatic rings.